The van der Waals surface area contributed by atoms with Crippen molar-refractivity contribution >= 4 is 27.5 Å². The van der Waals surface area contributed by atoms with E-state index in [9.17, 15) is 40.4 Å². The van der Waals surface area contributed by atoms with Crippen LogP contribution in [0.25, 0.3) is 0 Å². The highest BCUT2D eigenvalue weighted by molar-refractivity contribution is 7.91. The lowest BCUT2D eigenvalue weighted by molar-refractivity contribution is -0.160. The van der Waals surface area contributed by atoms with Crippen LogP contribution in [0.15, 0.2) is 24.3 Å². The summed E-state index contributed by atoms with van der Waals surface area (Å²) >= 11 is 0. The smallest absolute Gasteiger partial charge is 0.407 e. The number of benzene rings is 1. The molecule has 0 aliphatic heterocycles. The van der Waals surface area contributed by atoms with Gasteiger partial charge in [0.25, 0.3) is 5.78 Å². The molecule has 13 heteroatoms. The van der Waals surface area contributed by atoms with Gasteiger partial charge in [0.1, 0.15) is 17.9 Å². The van der Waals surface area contributed by atoms with Crippen LogP contribution in [0.2, 0.25) is 0 Å². The molecule has 3 N–H and O–H groups in total. The average Bonchev–Trinajstić information content (AvgIpc) is 3.53. The van der Waals surface area contributed by atoms with E-state index in [4.69, 9.17) is 5.11 Å². The van der Waals surface area contributed by atoms with Crippen molar-refractivity contribution < 1.29 is 45.5 Å². The number of carbonyl (C=O) groups excluding carboxylic acids is 2. The summed E-state index contributed by atoms with van der Waals surface area (Å²) in [5, 5.41) is 13.0. The number of Topliss-reactive ketones (excluding diaryl/α,β-unsaturated/α-hetero) is 1. The fraction of sp³-hybridized carbons (Fsp3) is 0.571. The summed E-state index contributed by atoms with van der Waals surface area (Å²) in [4.78, 5) is 35.8. The van der Waals surface area contributed by atoms with Crippen molar-refractivity contribution in [1.82, 2.24) is 10.6 Å². The molecule has 1 aromatic carbocycles. The predicted octanol–water partition coefficient (Wildman–Crippen LogP) is 2.15. The Morgan fingerprint density at radius 1 is 1.12 bits per heavy atom. The van der Waals surface area contributed by atoms with Gasteiger partial charge in [-0.05, 0) is 42.9 Å². The van der Waals surface area contributed by atoms with E-state index < -0.39 is 68.9 Å². The Balaban J connectivity index is 2.36. The van der Waals surface area contributed by atoms with E-state index in [2.05, 4.69) is 5.32 Å². The molecule has 1 aliphatic rings. The lowest BCUT2D eigenvalue weighted by Gasteiger charge is -2.28. The van der Waals surface area contributed by atoms with Gasteiger partial charge in [-0.1, -0.05) is 25.5 Å². The van der Waals surface area contributed by atoms with E-state index in [1.807, 2.05) is 5.32 Å². The van der Waals surface area contributed by atoms with Gasteiger partial charge in [-0.25, -0.2) is 17.6 Å². The molecule has 3 atom stereocenters. The zero-order chi connectivity index (χ0) is 25.7. The van der Waals surface area contributed by atoms with Gasteiger partial charge in [-0.3, -0.25) is 14.9 Å². The second-order valence-corrected chi connectivity index (χ2v) is 10.4. The van der Waals surface area contributed by atoms with E-state index in [-0.39, 0.29) is 24.5 Å². The number of sulfone groups is 1. The van der Waals surface area contributed by atoms with Crippen LogP contribution >= 0.6 is 0 Å². The fourth-order valence-corrected chi connectivity index (χ4v) is 5.32. The number of nitrogens with one attached hydrogen (secondary N) is 2. The fourth-order valence-electron chi connectivity index (χ4n) is 3.38. The molecule has 1 amide bonds. The highest BCUT2D eigenvalue weighted by Crippen LogP contribution is 2.34. The second kappa shape index (κ2) is 11.3. The molecule has 8 nitrogen and oxygen atoms in total. The monoisotopic (exact) mass is 510 g/mol. The van der Waals surface area contributed by atoms with Gasteiger partial charge < -0.3 is 10.4 Å². The first-order valence-corrected chi connectivity index (χ1v) is 12.4. The Labute approximate surface area is 194 Å². The topological polar surface area (TPSA) is 130 Å². The zero-order valence-electron chi connectivity index (χ0n) is 18.3. The molecule has 34 heavy (non-hydrogen) atoms. The number of aliphatic carboxylic acids is 1. The summed E-state index contributed by atoms with van der Waals surface area (Å²) in [6, 6.07) is -2.75. The van der Waals surface area contributed by atoms with Crippen molar-refractivity contribution in [2.24, 2.45) is 5.92 Å². The van der Waals surface area contributed by atoms with Crippen molar-refractivity contribution in [1.29, 1.82) is 0 Å². The molecule has 0 spiro atoms. The van der Waals surface area contributed by atoms with Gasteiger partial charge in [0, 0.05) is 0 Å². The van der Waals surface area contributed by atoms with Crippen molar-refractivity contribution in [3.8, 4) is 0 Å². The Hall–Kier alpha value is -2.54. The quantitative estimate of drug-likeness (QED) is 0.274. The normalized spacial score (nSPS) is 17.0. The average molecular weight is 511 g/mol. The summed E-state index contributed by atoms with van der Waals surface area (Å²) in [5.74, 6) is -6.71. The Morgan fingerprint density at radius 3 is 2.18 bits per heavy atom. The predicted molar refractivity (Wildman–Crippen MR) is 113 cm³/mol. The summed E-state index contributed by atoms with van der Waals surface area (Å²) < 4.78 is 79.8. The molecule has 0 aromatic heterocycles. The Bertz CT molecular complexity index is 994. The molecule has 0 radical (unpaired) electrons. The SMILES string of the molecule is CCC[C@H](NC(=O)[C@H](CS(=O)(=O)CC1CC1)N[C@@H](c1ccc(F)cc1)C(F)(F)F)C(=O)C(=O)O. The van der Waals surface area contributed by atoms with Crippen molar-refractivity contribution in [2.45, 2.75) is 56.9 Å². The van der Waals surface area contributed by atoms with Crippen LogP contribution in [-0.4, -0.2) is 60.9 Å². The number of hydrogen-bond donors (Lipinski definition) is 3. The van der Waals surface area contributed by atoms with Gasteiger partial charge in [-0.15, -0.1) is 0 Å². The molecule has 190 valence electrons. The minimum absolute atomic E-state index is 0.112. The van der Waals surface area contributed by atoms with Crippen LogP contribution in [0.3, 0.4) is 0 Å². The standard InChI is InChI=1S/C21H26F4N2O6S/c1-2-3-15(17(28)20(30)31)27-19(29)16(11-34(32,33)10-12-4-5-12)26-18(21(23,24)25)13-6-8-14(22)9-7-13/h6-9,12,15-16,18,26H,2-5,10-11H2,1H3,(H,27,29)(H,30,31)/t15-,16-,18-/m0/s1. The van der Waals surface area contributed by atoms with E-state index >= 15 is 0 Å². The molecule has 0 unspecified atom stereocenters. The molecule has 2 rings (SSSR count). The summed E-state index contributed by atoms with van der Waals surface area (Å²) in [7, 11) is -3.98. The van der Waals surface area contributed by atoms with Crippen molar-refractivity contribution in [3.05, 3.63) is 35.6 Å². The third kappa shape index (κ3) is 8.35. The van der Waals surface area contributed by atoms with Crippen LogP contribution in [0.1, 0.15) is 44.2 Å². The van der Waals surface area contributed by atoms with Gasteiger partial charge in [0.05, 0.1) is 17.5 Å². The maximum absolute atomic E-state index is 13.8. The second-order valence-electron chi connectivity index (χ2n) is 8.28. The van der Waals surface area contributed by atoms with Crippen molar-refractivity contribution in [3.63, 3.8) is 0 Å². The maximum Gasteiger partial charge on any atom is 0.407 e. The number of amides is 1. The van der Waals surface area contributed by atoms with Crippen LogP contribution in [-0.2, 0) is 24.2 Å². The molecule has 1 fully saturated rings. The number of hydrogen-bond acceptors (Lipinski definition) is 6. The van der Waals surface area contributed by atoms with E-state index in [1.54, 1.807) is 6.92 Å². The lowest BCUT2D eigenvalue weighted by Crippen LogP contribution is -2.56. The molecule has 0 heterocycles. The highest BCUT2D eigenvalue weighted by atomic mass is 32.2. The van der Waals surface area contributed by atoms with E-state index in [0.29, 0.717) is 12.8 Å². The van der Waals surface area contributed by atoms with Crippen LogP contribution in [0.4, 0.5) is 17.6 Å². The van der Waals surface area contributed by atoms with E-state index in [1.165, 1.54) is 0 Å². The molecule has 0 bridgehead atoms. The number of rotatable bonds is 13. The highest BCUT2D eigenvalue weighted by Gasteiger charge is 2.44. The van der Waals surface area contributed by atoms with Crippen LogP contribution < -0.4 is 10.6 Å². The summed E-state index contributed by atoms with van der Waals surface area (Å²) in [5.41, 5.74) is -0.460. The summed E-state index contributed by atoms with van der Waals surface area (Å²) in [6.07, 6.45) is -3.54. The van der Waals surface area contributed by atoms with Crippen LogP contribution in [0, 0.1) is 11.7 Å². The number of halogens is 4. The molecule has 1 aliphatic carbocycles. The first kappa shape index (κ1) is 27.7. The number of carboxylic acids is 1. The largest absolute Gasteiger partial charge is 0.475 e. The number of ketones is 1. The van der Waals surface area contributed by atoms with Gasteiger partial charge >= 0.3 is 12.1 Å². The first-order valence-electron chi connectivity index (χ1n) is 10.6. The third-order valence-corrected chi connectivity index (χ3v) is 7.06. The molecule has 0 saturated heterocycles. The molecule has 1 saturated carbocycles. The zero-order valence-corrected chi connectivity index (χ0v) is 19.1. The Kier molecular flexibility index (Phi) is 9.17. The van der Waals surface area contributed by atoms with Crippen molar-refractivity contribution in [2.75, 3.05) is 11.5 Å². The van der Waals surface area contributed by atoms with Crippen LogP contribution in [0.5, 0.6) is 0 Å². The number of alkyl halides is 3. The Morgan fingerprint density at radius 2 is 1.71 bits per heavy atom. The maximum atomic E-state index is 13.8. The minimum atomic E-state index is -4.99. The summed E-state index contributed by atoms with van der Waals surface area (Å²) in [6.45, 7) is 1.60. The third-order valence-electron chi connectivity index (χ3n) is 5.24. The lowest BCUT2D eigenvalue weighted by atomic mass is 10.0. The van der Waals surface area contributed by atoms with E-state index in [0.717, 1.165) is 24.3 Å². The number of carbonyl (C=O) groups is 3. The molecular weight excluding hydrogens is 484 g/mol. The van der Waals surface area contributed by atoms with Gasteiger partial charge in [0.15, 0.2) is 9.84 Å². The number of carboxylic acid groups (broad SMARTS) is 1. The van der Waals surface area contributed by atoms with Gasteiger partial charge in [0.2, 0.25) is 5.91 Å². The molecule has 1 aromatic rings. The van der Waals surface area contributed by atoms with Gasteiger partial charge in [-0.2, -0.15) is 13.2 Å². The first-order chi connectivity index (χ1) is 15.7. The molecular formula is C21H26F4N2O6S. The minimum Gasteiger partial charge on any atom is -0.475 e.